The number of hydrogen-bond acceptors (Lipinski definition) is 2. The highest BCUT2D eigenvalue weighted by Gasteiger charge is 2.20. The van der Waals surface area contributed by atoms with Crippen molar-refractivity contribution in [1.82, 2.24) is 5.32 Å². The van der Waals surface area contributed by atoms with E-state index < -0.39 is 0 Å². The van der Waals surface area contributed by atoms with E-state index in [0.29, 0.717) is 6.04 Å². The molecule has 2 rings (SSSR count). The second-order valence-electron chi connectivity index (χ2n) is 4.14. The summed E-state index contributed by atoms with van der Waals surface area (Å²) in [6, 6.07) is 9.26. The summed E-state index contributed by atoms with van der Waals surface area (Å²) < 4.78 is 5.09. The fourth-order valence-electron chi connectivity index (χ4n) is 2.28. The maximum absolute atomic E-state index is 5.09. The fraction of sp³-hybridized carbons (Fsp3) is 0.429. The Morgan fingerprint density at radius 2 is 2.31 bits per heavy atom. The van der Waals surface area contributed by atoms with Gasteiger partial charge in [0.15, 0.2) is 0 Å². The molecule has 0 saturated carbocycles. The van der Waals surface area contributed by atoms with E-state index in [2.05, 4.69) is 36.2 Å². The quantitative estimate of drug-likeness (QED) is 0.584. The summed E-state index contributed by atoms with van der Waals surface area (Å²) in [7, 11) is 0. The Bertz CT molecular complexity index is 348. The molecule has 1 unspecified atom stereocenters. The average Bonchev–Trinajstić information content (AvgIpc) is 2.73. The van der Waals surface area contributed by atoms with Gasteiger partial charge in [-0.05, 0) is 36.9 Å². The number of aryl methyl sites for hydroxylation is 1. The van der Waals surface area contributed by atoms with Crippen LogP contribution in [0.25, 0.3) is 0 Å². The Kier molecular flexibility index (Phi) is 4.00. The summed E-state index contributed by atoms with van der Waals surface area (Å²) in [5.41, 5.74) is 2.98. The third-order valence-corrected chi connectivity index (χ3v) is 3.08. The first-order valence-corrected chi connectivity index (χ1v) is 5.95. The maximum atomic E-state index is 5.09. The van der Waals surface area contributed by atoms with Crippen LogP contribution in [-0.4, -0.2) is 13.2 Å². The zero-order valence-electron chi connectivity index (χ0n) is 9.61. The summed E-state index contributed by atoms with van der Waals surface area (Å²) >= 11 is 0. The zero-order chi connectivity index (χ0) is 11.2. The number of hydrogen-bond donors (Lipinski definition) is 1. The molecule has 1 aromatic carbocycles. The highest BCUT2D eigenvalue weighted by Crippen LogP contribution is 2.30. The Hall–Kier alpha value is -1.28. The smallest absolute Gasteiger partial charge is 0.0885 e. The van der Waals surface area contributed by atoms with E-state index in [1.165, 1.54) is 30.2 Å². The van der Waals surface area contributed by atoms with Crippen molar-refractivity contribution < 1.29 is 4.74 Å². The lowest BCUT2D eigenvalue weighted by atomic mass is 10.1. The molecule has 0 bridgehead atoms. The van der Waals surface area contributed by atoms with Crippen LogP contribution in [0.4, 0.5) is 0 Å². The van der Waals surface area contributed by atoms with Crippen LogP contribution in [0.2, 0.25) is 0 Å². The van der Waals surface area contributed by atoms with E-state index in [9.17, 15) is 0 Å². The van der Waals surface area contributed by atoms with Crippen LogP contribution in [-0.2, 0) is 11.2 Å². The summed E-state index contributed by atoms with van der Waals surface area (Å²) in [4.78, 5) is 0. The van der Waals surface area contributed by atoms with Crippen molar-refractivity contribution in [2.45, 2.75) is 25.3 Å². The van der Waals surface area contributed by atoms with E-state index in [1.807, 2.05) is 0 Å². The molecular weight excluding hydrogens is 198 g/mol. The third-order valence-electron chi connectivity index (χ3n) is 3.08. The Morgan fingerprint density at radius 3 is 3.19 bits per heavy atom. The second-order valence-corrected chi connectivity index (χ2v) is 4.14. The van der Waals surface area contributed by atoms with Gasteiger partial charge >= 0.3 is 0 Å². The monoisotopic (exact) mass is 217 g/mol. The standard InChI is InChI=1S/C14H19NO/c1-2-16-11-5-10-15-14-9-8-12-6-3-4-7-13(12)14/h2-4,6-7,14-15H,1,5,8-11H2. The molecule has 0 amide bonds. The first-order chi connectivity index (χ1) is 7.92. The van der Waals surface area contributed by atoms with Gasteiger partial charge in [0.2, 0.25) is 0 Å². The molecule has 1 atom stereocenters. The van der Waals surface area contributed by atoms with Gasteiger partial charge in [-0.3, -0.25) is 0 Å². The molecule has 0 radical (unpaired) electrons. The largest absolute Gasteiger partial charge is 0.502 e. The first-order valence-electron chi connectivity index (χ1n) is 5.95. The van der Waals surface area contributed by atoms with Gasteiger partial charge in [0.1, 0.15) is 0 Å². The maximum Gasteiger partial charge on any atom is 0.0885 e. The lowest BCUT2D eigenvalue weighted by molar-refractivity contribution is 0.243. The third kappa shape index (κ3) is 2.64. The number of benzene rings is 1. The van der Waals surface area contributed by atoms with Crippen molar-refractivity contribution in [1.29, 1.82) is 0 Å². The SMILES string of the molecule is C=COCCCNC1CCc2ccccc21. The molecule has 1 aliphatic carbocycles. The van der Waals surface area contributed by atoms with Gasteiger partial charge in [0.05, 0.1) is 12.9 Å². The van der Waals surface area contributed by atoms with Crippen molar-refractivity contribution in [2.75, 3.05) is 13.2 Å². The van der Waals surface area contributed by atoms with E-state index >= 15 is 0 Å². The molecule has 0 spiro atoms. The van der Waals surface area contributed by atoms with Crippen LogP contribution in [0.15, 0.2) is 37.1 Å². The summed E-state index contributed by atoms with van der Waals surface area (Å²) in [5, 5.41) is 3.58. The van der Waals surface area contributed by atoms with E-state index in [4.69, 9.17) is 4.74 Å². The van der Waals surface area contributed by atoms with Crippen molar-refractivity contribution in [3.05, 3.63) is 48.2 Å². The minimum absolute atomic E-state index is 0.542. The molecule has 86 valence electrons. The van der Waals surface area contributed by atoms with Gasteiger partial charge in [0, 0.05) is 6.04 Å². The van der Waals surface area contributed by atoms with Crippen molar-refractivity contribution >= 4 is 0 Å². The lowest BCUT2D eigenvalue weighted by Crippen LogP contribution is -2.21. The predicted molar refractivity (Wildman–Crippen MR) is 66.3 cm³/mol. The molecular formula is C14H19NO. The van der Waals surface area contributed by atoms with Gasteiger partial charge in [-0.25, -0.2) is 0 Å². The molecule has 1 aromatic rings. The normalized spacial score (nSPS) is 18.1. The molecule has 0 aromatic heterocycles. The average molecular weight is 217 g/mol. The fourth-order valence-corrected chi connectivity index (χ4v) is 2.28. The number of fused-ring (bicyclic) bond motifs is 1. The molecule has 2 nitrogen and oxygen atoms in total. The Labute approximate surface area is 97.3 Å². The predicted octanol–water partition coefficient (Wildman–Crippen LogP) is 2.81. The van der Waals surface area contributed by atoms with E-state index in [-0.39, 0.29) is 0 Å². The molecule has 0 saturated heterocycles. The van der Waals surface area contributed by atoms with E-state index in [0.717, 1.165) is 19.6 Å². The molecule has 0 heterocycles. The molecule has 0 aliphatic heterocycles. The zero-order valence-corrected chi connectivity index (χ0v) is 9.61. The van der Waals surface area contributed by atoms with Gasteiger partial charge < -0.3 is 10.1 Å². The molecule has 1 aliphatic rings. The van der Waals surface area contributed by atoms with Crippen molar-refractivity contribution in [3.8, 4) is 0 Å². The molecule has 1 N–H and O–H groups in total. The topological polar surface area (TPSA) is 21.3 Å². The van der Waals surface area contributed by atoms with Crippen molar-refractivity contribution in [2.24, 2.45) is 0 Å². The van der Waals surface area contributed by atoms with E-state index in [1.54, 1.807) is 0 Å². The van der Waals surface area contributed by atoms with Gasteiger partial charge in [-0.1, -0.05) is 30.8 Å². The lowest BCUT2D eigenvalue weighted by Gasteiger charge is -2.13. The van der Waals surface area contributed by atoms with Crippen LogP contribution >= 0.6 is 0 Å². The van der Waals surface area contributed by atoms with Crippen LogP contribution in [0.3, 0.4) is 0 Å². The van der Waals surface area contributed by atoms with Gasteiger partial charge in [-0.2, -0.15) is 0 Å². The summed E-state index contributed by atoms with van der Waals surface area (Å²) in [5.74, 6) is 0. The minimum atomic E-state index is 0.542. The van der Waals surface area contributed by atoms with Crippen molar-refractivity contribution in [3.63, 3.8) is 0 Å². The van der Waals surface area contributed by atoms with Crippen LogP contribution < -0.4 is 5.32 Å². The first kappa shape index (κ1) is 11.2. The minimum Gasteiger partial charge on any atom is -0.502 e. The van der Waals surface area contributed by atoms with Crippen LogP contribution in [0.1, 0.15) is 30.0 Å². The van der Waals surface area contributed by atoms with Gasteiger partial charge in [-0.15, -0.1) is 0 Å². The number of nitrogens with one attached hydrogen (secondary N) is 1. The molecule has 16 heavy (non-hydrogen) atoms. The number of rotatable bonds is 6. The van der Waals surface area contributed by atoms with Crippen LogP contribution in [0.5, 0.6) is 0 Å². The summed E-state index contributed by atoms with van der Waals surface area (Å²) in [6.45, 7) is 5.28. The van der Waals surface area contributed by atoms with Crippen LogP contribution in [0, 0.1) is 0 Å². The second kappa shape index (κ2) is 5.71. The highest BCUT2D eigenvalue weighted by atomic mass is 16.5. The Balaban J connectivity index is 1.78. The molecule has 2 heteroatoms. The Morgan fingerprint density at radius 1 is 1.44 bits per heavy atom. The summed E-state index contributed by atoms with van der Waals surface area (Å²) in [6.07, 6.45) is 4.97. The van der Waals surface area contributed by atoms with Gasteiger partial charge in [0.25, 0.3) is 0 Å². The number of ether oxygens (including phenoxy) is 1. The molecule has 0 fully saturated rings. The highest BCUT2D eigenvalue weighted by molar-refractivity contribution is 5.34.